The maximum atomic E-state index is 11.9. The summed E-state index contributed by atoms with van der Waals surface area (Å²) in [4.78, 5) is 24.6. The van der Waals surface area contributed by atoms with Crippen molar-refractivity contribution in [2.24, 2.45) is 11.8 Å². The normalized spacial score (nSPS) is 27.0. The molecule has 1 rings (SSSR count). The van der Waals surface area contributed by atoms with Crippen LogP contribution in [0, 0.1) is 11.8 Å². The second-order valence-electron chi connectivity index (χ2n) is 4.80. The lowest BCUT2D eigenvalue weighted by Gasteiger charge is -2.25. The number of nitrogens with zero attached hydrogens (tertiary/aromatic N) is 1. The highest BCUT2D eigenvalue weighted by Crippen LogP contribution is 2.10. The highest BCUT2D eigenvalue weighted by Gasteiger charge is 2.31. The molecule has 1 aliphatic rings. The summed E-state index contributed by atoms with van der Waals surface area (Å²) in [5.74, 6) is -1.00. The molecule has 0 aromatic rings. The number of nitrogens with one attached hydrogen (secondary N) is 1. The van der Waals surface area contributed by atoms with Crippen molar-refractivity contribution in [2.75, 3.05) is 19.6 Å². The zero-order chi connectivity index (χ0) is 12.3. The first kappa shape index (κ1) is 13.0. The standard InChI is InChI=1S/C11H20N2O3/c1-7(2)5-13-6-9(11(15)16)4-12-8(3)10(13)14/h7-9,12H,4-6H2,1-3H3,(H,15,16). The van der Waals surface area contributed by atoms with E-state index in [0.29, 0.717) is 25.6 Å². The van der Waals surface area contributed by atoms with Gasteiger partial charge in [-0.25, -0.2) is 0 Å². The van der Waals surface area contributed by atoms with Gasteiger partial charge < -0.3 is 15.3 Å². The highest BCUT2D eigenvalue weighted by molar-refractivity contribution is 5.83. The Morgan fingerprint density at radius 3 is 2.75 bits per heavy atom. The van der Waals surface area contributed by atoms with Crippen LogP contribution in [0.4, 0.5) is 0 Å². The van der Waals surface area contributed by atoms with Crippen LogP contribution in [0.2, 0.25) is 0 Å². The van der Waals surface area contributed by atoms with Gasteiger partial charge in [0.15, 0.2) is 0 Å². The maximum absolute atomic E-state index is 11.9. The molecule has 1 heterocycles. The molecule has 0 saturated carbocycles. The van der Waals surface area contributed by atoms with E-state index in [1.54, 1.807) is 11.8 Å². The molecule has 0 spiro atoms. The molecule has 0 aromatic carbocycles. The number of carbonyl (C=O) groups excluding carboxylic acids is 1. The predicted octanol–water partition coefficient (Wildman–Crippen LogP) is 0.164. The summed E-state index contributed by atoms with van der Waals surface area (Å²) in [7, 11) is 0. The Kier molecular flexibility index (Phi) is 4.29. The molecule has 5 nitrogen and oxygen atoms in total. The van der Waals surface area contributed by atoms with Crippen LogP contribution in [-0.2, 0) is 9.59 Å². The molecular weight excluding hydrogens is 208 g/mol. The minimum atomic E-state index is -0.844. The van der Waals surface area contributed by atoms with Crippen LogP contribution in [0.25, 0.3) is 0 Å². The molecule has 0 radical (unpaired) electrons. The van der Waals surface area contributed by atoms with Crippen molar-refractivity contribution in [2.45, 2.75) is 26.8 Å². The van der Waals surface area contributed by atoms with E-state index in [9.17, 15) is 9.59 Å². The average Bonchev–Trinajstić information content (AvgIpc) is 2.30. The van der Waals surface area contributed by atoms with Crippen LogP contribution in [0.3, 0.4) is 0 Å². The van der Waals surface area contributed by atoms with E-state index in [4.69, 9.17) is 5.11 Å². The third kappa shape index (κ3) is 3.20. The molecule has 0 bridgehead atoms. The van der Waals surface area contributed by atoms with Gasteiger partial charge in [-0.1, -0.05) is 13.8 Å². The third-order valence-corrected chi connectivity index (χ3v) is 2.73. The Morgan fingerprint density at radius 2 is 2.25 bits per heavy atom. The fraction of sp³-hybridized carbons (Fsp3) is 0.818. The van der Waals surface area contributed by atoms with Crippen LogP contribution >= 0.6 is 0 Å². The summed E-state index contributed by atoms with van der Waals surface area (Å²) in [6.45, 7) is 7.10. The largest absolute Gasteiger partial charge is 0.481 e. The molecule has 0 aromatic heterocycles. The molecule has 1 aliphatic heterocycles. The predicted molar refractivity (Wildman–Crippen MR) is 60.0 cm³/mol. The number of hydrogen-bond acceptors (Lipinski definition) is 3. The van der Waals surface area contributed by atoms with Gasteiger partial charge in [0, 0.05) is 19.6 Å². The molecule has 1 amide bonds. The number of amides is 1. The SMILES string of the molecule is CC(C)CN1CC(C(=O)O)CNC(C)C1=O. The van der Waals surface area contributed by atoms with E-state index in [1.165, 1.54) is 0 Å². The number of carboxylic acid groups (broad SMARTS) is 1. The van der Waals surface area contributed by atoms with Crippen molar-refractivity contribution in [3.05, 3.63) is 0 Å². The summed E-state index contributed by atoms with van der Waals surface area (Å²) >= 11 is 0. The zero-order valence-electron chi connectivity index (χ0n) is 10.1. The number of rotatable bonds is 3. The Balaban J connectivity index is 2.76. The van der Waals surface area contributed by atoms with Gasteiger partial charge in [0.1, 0.15) is 0 Å². The fourth-order valence-electron chi connectivity index (χ4n) is 1.87. The lowest BCUT2D eigenvalue weighted by molar-refractivity contribution is -0.142. The van der Waals surface area contributed by atoms with Gasteiger partial charge in [0.05, 0.1) is 12.0 Å². The molecular formula is C11H20N2O3. The quantitative estimate of drug-likeness (QED) is 0.722. The van der Waals surface area contributed by atoms with Crippen molar-refractivity contribution in [3.8, 4) is 0 Å². The van der Waals surface area contributed by atoms with Crippen LogP contribution < -0.4 is 5.32 Å². The highest BCUT2D eigenvalue weighted by atomic mass is 16.4. The summed E-state index contributed by atoms with van der Waals surface area (Å²) in [5.41, 5.74) is 0. The van der Waals surface area contributed by atoms with Crippen LogP contribution in [0.15, 0.2) is 0 Å². The Labute approximate surface area is 95.8 Å². The van der Waals surface area contributed by atoms with Crippen molar-refractivity contribution in [1.82, 2.24) is 10.2 Å². The molecule has 2 N–H and O–H groups in total. The molecule has 2 atom stereocenters. The van der Waals surface area contributed by atoms with Crippen LogP contribution in [0.1, 0.15) is 20.8 Å². The summed E-state index contributed by atoms with van der Waals surface area (Å²) in [6, 6.07) is -0.289. The first-order chi connectivity index (χ1) is 7.41. The maximum Gasteiger partial charge on any atom is 0.309 e. The summed E-state index contributed by atoms with van der Waals surface area (Å²) < 4.78 is 0. The minimum Gasteiger partial charge on any atom is -0.481 e. The molecule has 2 unspecified atom stereocenters. The lowest BCUT2D eigenvalue weighted by atomic mass is 10.1. The molecule has 92 valence electrons. The number of carboxylic acids is 1. The smallest absolute Gasteiger partial charge is 0.309 e. The minimum absolute atomic E-state index is 0.00236. The number of aliphatic carboxylic acids is 1. The summed E-state index contributed by atoms with van der Waals surface area (Å²) in [5, 5.41) is 12.0. The second-order valence-corrected chi connectivity index (χ2v) is 4.80. The molecule has 5 heteroatoms. The van der Waals surface area contributed by atoms with Crippen molar-refractivity contribution in [3.63, 3.8) is 0 Å². The van der Waals surface area contributed by atoms with E-state index >= 15 is 0 Å². The van der Waals surface area contributed by atoms with E-state index in [-0.39, 0.29) is 11.9 Å². The van der Waals surface area contributed by atoms with Gasteiger partial charge >= 0.3 is 5.97 Å². The molecule has 0 aliphatic carbocycles. The first-order valence-corrected chi connectivity index (χ1v) is 5.66. The number of carbonyl (C=O) groups is 2. The zero-order valence-corrected chi connectivity index (χ0v) is 10.1. The lowest BCUT2D eigenvalue weighted by Crippen LogP contribution is -2.43. The van der Waals surface area contributed by atoms with E-state index in [2.05, 4.69) is 5.32 Å². The van der Waals surface area contributed by atoms with Gasteiger partial charge in [0.2, 0.25) is 5.91 Å². The van der Waals surface area contributed by atoms with Gasteiger partial charge in [-0.15, -0.1) is 0 Å². The fourth-order valence-corrected chi connectivity index (χ4v) is 1.87. The topological polar surface area (TPSA) is 69.6 Å². The number of hydrogen-bond donors (Lipinski definition) is 2. The molecule has 1 fully saturated rings. The van der Waals surface area contributed by atoms with Crippen LogP contribution in [0.5, 0.6) is 0 Å². The third-order valence-electron chi connectivity index (χ3n) is 2.73. The monoisotopic (exact) mass is 228 g/mol. The van der Waals surface area contributed by atoms with Crippen LogP contribution in [-0.4, -0.2) is 47.6 Å². The van der Waals surface area contributed by atoms with E-state index in [0.717, 1.165) is 0 Å². The van der Waals surface area contributed by atoms with Gasteiger partial charge in [-0.05, 0) is 12.8 Å². The second kappa shape index (κ2) is 5.30. The molecule has 16 heavy (non-hydrogen) atoms. The van der Waals surface area contributed by atoms with Crippen molar-refractivity contribution in [1.29, 1.82) is 0 Å². The van der Waals surface area contributed by atoms with E-state index in [1.807, 2.05) is 13.8 Å². The van der Waals surface area contributed by atoms with Gasteiger partial charge in [-0.2, -0.15) is 0 Å². The van der Waals surface area contributed by atoms with Gasteiger partial charge in [-0.3, -0.25) is 9.59 Å². The first-order valence-electron chi connectivity index (χ1n) is 5.66. The Morgan fingerprint density at radius 1 is 1.62 bits per heavy atom. The van der Waals surface area contributed by atoms with Gasteiger partial charge in [0.25, 0.3) is 0 Å². The Bertz CT molecular complexity index is 278. The average molecular weight is 228 g/mol. The summed E-state index contributed by atoms with van der Waals surface area (Å²) in [6.07, 6.45) is 0. The Hall–Kier alpha value is -1.10. The van der Waals surface area contributed by atoms with Crippen molar-refractivity contribution >= 4 is 11.9 Å². The van der Waals surface area contributed by atoms with Crippen molar-refractivity contribution < 1.29 is 14.7 Å². The molecule has 1 saturated heterocycles. The van der Waals surface area contributed by atoms with E-state index < -0.39 is 11.9 Å².